The van der Waals surface area contributed by atoms with Gasteiger partial charge in [-0.2, -0.15) is 5.10 Å². The number of rotatable bonds is 5. The van der Waals surface area contributed by atoms with Crippen LogP contribution in [0.2, 0.25) is 0 Å². The summed E-state index contributed by atoms with van der Waals surface area (Å²) in [6, 6.07) is 12.1. The third-order valence-electron chi connectivity index (χ3n) is 5.06. The highest BCUT2D eigenvalue weighted by Gasteiger charge is 2.29. The van der Waals surface area contributed by atoms with Gasteiger partial charge < -0.3 is 9.32 Å². The molecule has 5 nitrogen and oxygen atoms in total. The molecule has 1 amide bonds. The standard InChI is InChI=1S/C21H23N3O2/c1-15-4-2-5-16(10-15)13-24(14-19-6-3-9-26-19)21(25)17-7-8-20-18(11-17)12-22-23-20/h2-6,9-10,12,17H,7-8,11,13-14H2,1H3,(H,22,23)/t17-/m1/s1. The van der Waals surface area contributed by atoms with Gasteiger partial charge >= 0.3 is 0 Å². The van der Waals surface area contributed by atoms with E-state index >= 15 is 0 Å². The second-order valence-corrected chi connectivity index (χ2v) is 7.08. The Morgan fingerprint density at radius 3 is 3.04 bits per heavy atom. The van der Waals surface area contributed by atoms with Crippen molar-refractivity contribution in [1.29, 1.82) is 0 Å². The van der Waals surface area contributed by atoms with Crippen molar-refractivity contribution in [2.45, 2.75) is 39.3 Å². The Kier molecular flexibility index (Phi) is 4.61. The number of H-pyrrole nitrogens is 1. The second-order valence-electron chi connectivity index (χ2n) is 7.08. The van der Waals surface area contributed by atoms with E-state index in [1.807, 2.05) is 29.3 Å². The van der Waals surface area contributed by atoms with Gasteiger partial charge in [-0.15, -0.1) is 0 Å². The van der Waals surface area contributed by atoms with E-state index in [0.717, 1.165) is 30.6 Å². The lowest BCUT2D eigenvalue weighted by molar-refractivity contribution is -0.137. The lowest BCUT2D eigenvalue weighted by Gasteiger charge is -2.29. The number of hydrogen-bond donors (Lipinski definition) is 1. The normalized spacial score (nSPS) is 16.3. The number of hydrogen-bond acceptors (Lipinski definition) is 3. The number of benzene rings is 1. The fourth-order valence-electron chi connectivity index (χ4n) is 3.72. The van der Waals surface area contributed by atoms with E-state index < -0.39 is 0 Å². The highest BCUT2D eigenvalue weighted by atomic mass is 16.3. The fraction of sp³-hybridized carbons (Fsp3) is 0.333. The molecule has 1 aliphatic rings. The molecular formula is C21H23N3O2. The quantitative estimate of drug-likeness (QED) is 0.765. The van der Waals surface area contributed by atoms with Crippen LogP contribution in [0.4, 0.5) is 0 Å². The lowest BCUT2D eigenvalue weighted by Crippen LogP contribution is -2.37. The van der Waals surface area contributed by atoms with E-state index in [2.05, 4.69) is 35.3 Å². The Morgan fingerprint density at radius 1 is 1.31 bits per heavy atom. The molecule has 0 spiro atoms. The van der Waals surface area contributed by atoms with Crippen molar-refractivity contribution >= 4 is 5.91 Å². The summed E-state index contributed by atoms with van der Waals surface area (Å²) in [5.74, 6) is 1.00. The number of furan rings is 1. The minimum Gasteiger partial charge on any atom is -0.467 e. The summed E-state index contributed by atoms with van der Waals surface area (Å²) < 4.78 is 5.50. The average molecular weight is 349 g/mol. The number of nitrogens with one attached hydrogen (secondary N) is 1. The summed E-state index contributed by atoms with van der Waals surface area (Å²) in [5, 5.41) is 7.15. The van der Waals surface area contributed by atoms with E-state index in [-0.39, 0.29) is 11.8 Å². The van der Waals surface area contributed by atoms with Crippen molar-refractivity contribution in [1.82, 2.24) is 15.1 Å². The van der Waals surface area contributed by atoms with Crippen LogP contribution in [0, 0.1) is 12.8 Å². The molecule has 0 radical (unpaired) electrons. The summed E-state index contributed by atoms with van der Waals surface area (Å²) in [6.07, 6.45) is 6.00. The highest BCUT2D eigenvalue weighted by molar-refractivity contribution is 5.79. The van der Waals surface area contributed by atoms with Crippen molar-refractivity contribution in [3.05, 3.63) is 77.0 Å². The Labute approximate surface area is 153 Å². The maximum Gasteiger partial charge on any atom is 0.226 e. The largest absolute Gasteiger partial charge is 0.467 e. The zero-order chi connectivity index (χ0) is 17.9. The van der Waals surface area contributed by atoms with E-state index in [0.29, 0.717) is 13.1 Å². The molecule has 0 unspecified atom stereocenters. The van der Waals surface area contributed by atoms with Crippen LogP contribution < -0.4 is 0 Å². The predicted octanol–water partition coefficient (Wildman–Crippen LogP) is 3.65. The van der Waals surface area contributed by atoms with Crippen LogP contribution in [0.1, 0.15) is 34.6 Å². The average Bonchev–Trinajstić information content (AvgIpc) is 3.31. The summed E-state index contributed by atoms with van der Waals surface area (Å²) in [5.41, 5.74) is 4.69. The summed E-state index contributed by atoms with van der Waals surface area (Å²) >= 11 is 0. The number of aryl methyl sites for hydroxylation is 2. The third-order valence-corrected chi connectivity index (χ3v) is 5.06. The topological polar surface area (TPSA) is 62.1 Å². The maximum absolute atomic E-state index is 13.3. The van der Waals surface area contributed by atoms with Gasteiger partial charge in [0.25, 0.3) is 0 Å². The number of fused-ring (bicyclic) bond motifs is 1. The summed E-state index contributed by atoms with van der Waals surface area (Å²) in [4.78, 5) is 15.2. The van der Waals surface area contributed by atoms with Crippen molar-refractivity contribution in [3.63, 3.8) is 0 Å². The fourth-order valence-corrected chi connectivity index (χ4v) is 3.72. The molecule has 2 aromatic heterocycles. The number of nitrogens with zero attached hydrogens (tertiary/aromatic N) is 2. The first kappa shape index (κ1) is 16.6. The van der Waals surface area contributed by atoms with Crippen molar-refractivity contribution in [2.24, 2.45) is 5.92 Å². The first-order valence-electron chi connectivity index (χ1n) is 9.07. The van der Waals surface area contributed by atoms with Crippen LogP contribution >= 0.6 is 0 Å². The molecule has 1 atom stereocenters. The van der Waals surface area contributed by atoms with E-state index in [1.54, 1.807) is 6.26 Å². The molecule has 0 saturated carbocycles. The van der Waals surface area contributed by atoms with Crippen molar-refractivity contribution in [3.8, 4) is 0 Å². The molecule has 0 saturated heterocycles. The number of aromatic amines is 1. The van der Waals surface area contributed by atoms with Crippen LogP contribution in [0.15, 0.2) is 53.3 Å². The van der Waals surface area contributed by atoms with Crippen LogP contribution in [-0.4, -0.2) is 21.0 Å². The smallest absolute Gasteiger partial charge is 0.226 e. The number of amides is 1. The molecule has 1 N–H and O–H groups in total. The number of carbonyl (C=O) groups excluding carboxylic acids is 1. The first-order chi connectivity index (χ1) is 12.7. The van der Waals surface area contributed by atoms with Gasteiger partial charge in [0, 0.05) is 18.2 Å². The van der Waals surface area contributed by atoms with Gasteiger partial charge in [-0.25, -0.2) is 0 Å². The molecular weight excluding hydrogens is 326 g/mol. The number of carbonyl (C=O) groups is 1. The SMILES string of the molecule is Cc1cccc(CN(Cc2ccco2)C(=O)[C@@H]2CCc3[nH]ncc3C2)c1. The Balaban J connectivity index is 1.54. The van der Waals surface area contributed by atoms with Crippen LogP contribution in [0.5, 0.6) is 0 Å². The number of aromatic nitrogens is 2. The Bertz CT molecular complexity index is 882. The van der Waals surface area contributed by atoms with Gasteiger partial charge in [0.1, 0.15) is 5.76 Å². The van der Waals surface area contributed by atoms with Gasteiger partial charge in [-0.3, -0.25) is 9.89 Å². The van der Waals surface area contributed by atoms with Crippen molar-refractivity contribution in [2.75, 3.05) is 0 Å². The van der Waals surface area contributed by atoms with Gasteiger partial charge in [0.15, 0.2) is 0 Å². The summed E-state index contributed by atoms with van der Waals surface area (Å²) in [7, 11) is 0. The summed E-state index contributed by atoms with van der Waals surface area (Å²) in [6.45, 7) is 3.16. The molecule has 0 bridgehead atoms. The zero-order valence-electron chi connectivity index (χ0n) is 14.9. The molecule has 4 rings (SSSR count). The molecule has 2 heterocycles. The Morgan fingerprint density at radius 2 is 2.23 bits per heavy atom. The van der Waals surface area contributed by atoms with Gasteiger partial charge in [0.05, 0.1) is 19.0 Å². The monoisotopic (exact) mass is 349 g/mol. The molecule has 0 fully saturated rings. The van der Waals surface area contributed by atoms with Gasteiger partial charge in [-0.1, -0.05) is 29.8 Å². The predicted molar refractivity (Wildman–Crippen MR) is 98.2 cm³/mol. The van der Waals surface area contributed by atoms with E-state index in [1.165, 1.54) is 16.8 Å². The maximum atomic E-state index is 13.3. The lowest BCUT2D eigenvalue weighted by atomic mass is 9.86. The van der Waals surface area contributed by atoms with Crippen LogP contribution in [0.25, 0.3) is 0 Å². The van der Waals surface area contributed by atoms with Crippen LogP contribution in [-0.2, 0) is 30.7 Å². The van der Waals surface area contributed by atoms with Gasteiger partial charge in [0.2, 0.25) is 5.91 Å². The minimum absolute atomic E-state index is 0.000119. The third kappa shape index (κ3) is 3.57. The second kappa shape index (κ2) is 7.20. The molecule has 1 aliphatic carbocycles. The zero-order valence-corrected chi connectivity index (χ0v) is 14.9. The molecule has 0 aliphatic heterocycles. The molecule has 3 aromatic rings. The first-order valence-corrected chi connectivity index (χ1v) is 9.07. The Hall–Kier alpha value is -2.82. The minimum atomic E-state index is -0.000119. The van der Waals surface area contributed by atoms with Crippen molar-refractivity contribution < 1.29 is 9.21 Å². The van der Waals surface area contributed by atoms with E-state index in [9.17, 15) is 4.79 Å². The molecule has 134 valence electrons. The van der Waals surface area contributed by atoms with Gasteiger partial charge in [-0.05, 0) is 49.4 Å². The van der Waals surface area contributed by atoms with Crippen LogP contribution in [0.3, 0.4) is 0 Å². The highest BCUT2D eigenvalue weighted by Crippen LogP contribution is 2.26. The molecule has 1 aromatic carbocycles. The molecule has 5 heteroatoms. The van der Waals surface area contributed by atoms with E-state index in [4.69, 9.17) is 4.42 Å². The molecule has 26 heavy (non-hydrogen) atoms.